The molecule has 1 N–H and O–H groups in total. The fourth-order valence-electron chi connectivity index (χ4n) is 2.75. The fraction of sp³-hybridized carbons (Fsp3) is 0.294. The van der Waals surface area contributed by atoms with Gasteiger partial charge in [-0.25, -0.2) is 0 Å². The first-order valence-electron chi connectivity index (χ1n) is 7.31. The second-order valence-electron chi connectivity index (χ2n) is 5.49. The first-order chi connectivity index (χ1) is 10.6. The van der Waals surface area contributed by atoms with Crippen molar-refractivity contribution in [2.24, 2.45) is 5.92 Å². The lowest BCUT2D eigenvalue weighted by molar-refractivity contribution is -0.143. The summed E-state index contributed by atoms with van der Waals surface area (Å²) < 4.78 is 0. The second-order valence-corrected chi connectivity index (χ2v) is 6.41. The minimum atomic E-state index is -0.811. The number of hydrogen-bond donors (Lipinski definition) is 1. The maximum Gasteiger partial charge on any atom is 0.308 e. The van der Waals surface area contributed by atoms with Crippen molar-refractivity contribution < 1.29 is 14.7 Å². The van der Waals surface area contributed by atoms with Gasteiger partial charge in [0.1, 0.15) is 0 Å². The minimum absolute atomic E-state index is 0.0573. The number of carbonyl (C=O) groups excluding carboxylic acids is 1. The molecule has 1 aromatic carbocycles. The molecule has 5 heteroatoms. The number of thiophene rings is 1. The van der Waals surface area contributed by atoms with Crippen LogP contribution >= 0.6 is 11.3 Å². The van der Waals surface area contributed by atoms with Gasteiger partial charge in [-0.2, -0.15) is 0 Å². The van der Waals surface area contributed by atoms with Crippen molar-refractivity contribution >= 4 is 23.2 Å². The van der Waals surface area contributed by atoms with Crippen LogP contribution in [0.25, 0.3) is 11.1 Å². The van der Waals surface area contributed by atoms with Crippen LogP contribution in [0, 0.1) is 5.92 Å². The normalized spacial score (nSPS) is 18.2. The SMILES string of the molecule is O=C(O)[C@@H]1CCCN(C(=O)c2cc(-c3ccccc3)cs2)C1. The number of carboxylic acid groups (broad SMARTS) is 1. The highest BCUT2D eigenvalue weighted by Gasteiger charge is 2.29. The zero-order valence-corrected chi connectivity index (χ0v) is 12.9. The number of rotatable bonds is 3. The Morgan fingerprint density at radius 3 is 2.68 bits per heavy atom. The molecule has 0 radical (unpaired) electrons. The van der Waals surface area contributed by atoms with Gasteiger partial charge in [-0.15, -0.1) is 11.3 Å². The van der Waals surface area contributed by atoms with Gasteiger partial charge in [0.2, 0.25) is 0 Å². The summed E-state index contributed by atoms with van der Waals surface area (Å²) in [6.07, 6.45) is 1.40. The van der Waals surface area contributed by atoms with Crippen molar-refractivity contribution in [2.45, 2.75) is 12.8 Å². The molecule has 1 amide bonds. The van der Waals surface area contributed by atoms with Gasteiger partial charge < -0.3 is 10.0 Å². The molecular weight excluding hydrogens is 298 g/mol. The molecular formula is C17H17NO3S. The smallest absolute Gasteiger partial charge is 0.308 e. The quantitative estimate of drug-likeness (QED) is 0.945. The molecule has 0 aliphatic carbocycles. The summed E-state index contributed by atoms with van der Waals surface area (Å²) in [6, 6.07) is 11.8. The van der Waals surface area contributed by atoms with Crippen molar-refractivity contribution in [3.63, 3.8) is 0 Å². The molecule has 22 heavy (non-hydrogen) atoms. The third-order valence-corrected chi connectivity index (χ3v) is 4.89. The Morgan fingerprint density at radius 2 is 1.95 bits per heavy atom. The average molecular weight is 315 g/mol. The molecule has 0 unspecified atom stereocenters. The zero-order chi connectivity index (χ0) is 15.5. The van der Waals surface area contributed by atoms with E-state index in [1.165, 1.54) is 11.3 Å². The Hall–Kier alpha value is -2.14. The van der Waals surface area contributed by atoms with E-state index in [1.807, 2.05) is 41.8 Å². The third-order valence-electron chi connectivity index (χ3n) is 3.98. The number of nitrogens with zero attached hydrogens (tertiary/aromatic N) is 1. The lowest BCUT2D eigenvalue weighted by Gasteiger charge is -2.30. The van der Waals surface area contributed by atoms with Crippen LogP contribution in [-0.4, -0.2) is 35.0 Å². The van der Waals surface area contributed by atoms with Crippen LogP contribution in [0.2, 0.25) is 0 Å². The Labute approximate surface area is 133 Å². The molecule has 0 bridgehead atoms. The van der Waals surface area contributed by atoms with Gasteiger partial charge in [-0.3, -0.25) is 9.59 Å². The van der Waals surface area contributed by atoms with E-state index in [0.29, 0.717) is 24.4 Å². The van der Waals surface area contributed by atoms with Gasteiger partial charge >= 0.3 is 5.97 Å². The highest BCUT2D eigenvalue weighted by atomic mass is 32.1. The molecule has 1 saturated heterocycles. The molecule has 1 atom stereocenters. The van der Waals surface area contributed by atoms with E-state index in [0.717, 1.165) is 17.5 Å². The molecule has 4 nitrogen and oxygen atoms in total. The van der Waals surface area contributed by atoms with Crippen molar-refractivity contribution in [1.82, 2.24) is 4.90 Å². The molecule has 1 fully saturated rings. The van der Waals surface area contributed by atoms with E-state index >= 15 is 0 Å². The maximum absolute atomic E-state index is 12.6. The summed E-state index contributed by atoms with van der Waals surface area (Å²) in [5, 5.41) is 11.1. The molecule has 2 aromatic rings. The van der Waals surface area contributed by atoms with E-state index in [2.05, 4.69) is 0 Å². The number of amides is 1. The number of aliphatic carboxylic acids is 1. The Kier molecular flexibility index (Phi) is 4.24. The van der Waals surface area contributed by atoms with Crippen LogP contribution in [0.3, 0.4) is 0 Å². The topological polar surface area (TPSA) is 57.6 Å². The van der Waals surface area contributed by atoms with E-state index in [9.17, 15) is 9.59 Å². The molecule has 1 aliphatic rings. The number of hydrogen-bond acceptors (Lipinski definition) is 3. The van der Waals surface area contributed by atoms with Gasteiger partial charge in [0.25, 0.3) is 5.91 Å². The zero-order valence-electron chi connectivity index (χ0n) is 12.1. The van der Waals surface area contributed by atoms with Gasteiger partial charge in [-0.1, -0.05) is 30.3 Å². The molecule has 3 rings (SSSR count). The summed E-state index contributed by atoms with van der Waals surface area (Å²) in [4.78, 5) is 26.0. The van der Waals surface area contributed by atoms with Crippen molar-refractivity contribution in [1.29, 1.82) is 0 Å². The second kappa shape index (κ2) is 6.32. The van der Waals surface area contributed by atoms with Gasteiger partial charge in [0, 0.05) is 13.1 Å². The number of carboxylic acids is 1. The molecule has 0 spiro atoms. The summed E-state index contributed by atoms with van der Waals surface area (Å²) in [6.45, 7) is 0.952. The molecule has 2 heterocycles. The van der Waals surface area contributed by atoms with Crippen LogP contribution in [-0.2, 0) is 4.79 Å². The predicted molar refractivity (Wildman–Crippen MR) is 86.0 cm³/mol. The number of likely N-dealkylation sites (tertiary alicyclic amines) is 1. The highest BCUT2D eigenvalue weighted by molar-refractivity contribution is 7.12. The van der Waals surface area contributed by atoms with Gasteiger partial charge in [0.05, 0.1) is 10.8 Å². The first kappa shape index (κ1) is 14.8. The standard InChI is InChI=1S/C17H17NO3S/c19-16(18-8-4-7-13(10-18)17(20)21)15-9-14(11-22-15)12-5-2-1-3-6-12/h1-3,5-6,9,11,13H,4,7-8,10H2,(H,20,21)/t13-/m1/s1. The minimum Gasteiger partial charge on any atom is -0.481 e. The first-order valence-corrected chi connectivity index (χ1v) is 8.19. The largest absolute Gasteiger partial charge is 0.481 e. The maximum atomic E-state index is 12.6. The third kappa shape index (κ3) is 3.04. The predicted octanol–water partition coefficient (Wildman–Crippen LogP) is 3.35. The van der Waals surface area contributed by atoms with Gasteiger partial charge in [-0.05, 0) is 35.4 Å². The number of piperidine rings is 1. The number of carbonyl (C=O) groups is 2. The van der Waals surface area contributed by atoms with Crippen molar-refractivity contribution in [3.8, 4) is 11.1 Å². The van der Waals surface area contributed by atoms with Crippen LogP contribution < -0.4 is 0 Å². The van der Waals surface area contributed by atoms with Crippen LogP contribution in [0.1, 0.15) is 22.5 Å². The van der Waals surface area contributed by atoms with Crippen molar-refractivity contribution in [3.05, 3.63) is 46.7 Å². The summed E-state index contributed by atoms with van der Waals surface area (Å²) >= 11 is 1.42. The molecule has 1 aromatic heterocycles. The lowest BCUT2D eigenvalue weighted by atomic mass is 9.98. The van der Waals surface area contributed by atoms with Gasteiger partial charge in [0.15, 0.2) is 0 Å². The number of benzene rings is 1. The average Bonchev–Trinajstić information content (AvgIpc) is 3.05. The molecule has 0 saturated carbocycles. The van der Waals surface area contributed by atoms with Crippen LogP contribution in [0.15, 0.2) is 41.8 Å². The van der Waals surface area contributed by atoms with E-state index in [-0.39, 0.29) is 5.91 Å². The van der Waals surface area contributed by atoms with E-state index in [4.69, 9.17) is 5.11 Å². The highest BCUT2D eigenvalue weighted by Crippen LogP contribution is 2.27. The monoisotopic (exact) mass is 315 g/mol. The molecule has 1 aliphatic heterocycles. The van der Waals surface area contributed by atoms with Crippen molar-refractivity contribution in [2.75, 3.05) is 13.1 Å². The fourth-order valence-corrected chi connectivity index (χ4v) is 3.63. The van der Waals surface area contributed by atoms with E-state index in [1.54, 1.807) is 4.90 Å². The molecule has 114 valence electrons. The summed E-state index contributed by atoms with van der Waals surface area (Å²) in [7, 11) is 0. The Balaban J connectivity index is 1.76. The lowest BCUT2D eigenvalue weighted by Crippen LogP contribution is -2.42. The summed E-state index contributed by atoms with van der Waals surface area (Å²) in [5.41, 5.74) is 2.11. The van der Waals surface area contributed by atoms with E-state index < -0.39 is 11.9 Å². The Morgan fingerprint density at radius 1 is 1.18 bits per heavy atom. The summed E-state index contributed by atoms with van der Waals surface area (Å²) in [5.74, 6) is -1.31. The van der Waals surface area contributed by atoms with Crippen LogP contribution in [0.4, 0.5) is 0 Å². The Bertz CT molecular complexity index is 680. The van der Waals surface area contributed by atoms with Crippen LogP contribution in [0.5, 0.6) is 0 Å².